The number of aliphatic hydroxyl groups is 1. The molecule has 0 aromatic heterocycles. The van der Waals surface area contributed by atoms with Gasteiger partial charge in [0.05, 0.1) is 11.2 Å². The molecular weight excluding hydrogens is 206 g/mol. The lowest BCUT2D eigenvalue weighted by molar-refractivity contribution is -0.188. The summed E-state index contributed by atoms with van der Waals surface area (Å²) in [4.78, 5) is 13.7. The summed E-state index contributed by atoms with van der Waals surface area (Å²) < 4.78 is 5.90. The molecule has 0 spiro atoms. The Labute approximate surface area is 97.6 Å². The highest BCUT2D eigenvalue weighted by molar-refractivity contribution is 5.76. The first kappa shape index (κ1) is 13.5. The van der Waals surface area contributed by atoms with E-state index in [9.17, 15) is 4.79 Å². The minimum absolute atomic E-state index is 0.0723. The number of rotatable bonds is 3. The first-order valence-corrected chi connectivity index (χ1v) is 5.85. The summed E-state index contributed by atoms with van der Waals surface area (Å²) >= 11 is 0. The summed E-state index contributed by atoms with van der Waals surface area (Å²) in [7, 11) is 0. The maximum atomic E-state index is 11.9. The number of carbonyl (C=O) groups excluding carboxylic acids is 1. The van der Waals surface area contributed by atoms with Gasteiger partial charge in [0.1, 0.15) is 0 Å². The third-order valence-electron chi connectivity index (χ3n) is 2.60. The van der Waals surface area contributed by atoms with Crippen LogP contribution in [0.25, 0.3) is 0 Å². The van der Waals surface area contributed by atoms with E-state index in [-0.39, 0.29) is 23.7 Å². The van der Waals surface area contributed by atoms with Crippen LogP contribution in [-0.2, 0) is 9.53 Å². The van der Waals surface area contributed by atoms with Gasteiger partial charge in [-0.25, -0.2) is 0 Å². The number of hydrogen-bond donors (Lipinski definition) is 1. The Morgan fingerprint density at radius 3 is 2.19 bits per heavy atom. The van der Waals surface area contributed by atoms with Crippen LogP contribution in [0, 0.1) is 0 Å². The van der Waals surface area contributed by atoms with Gasteiger partial charge < -0.3 is 14.7 Å². The molecule has 1 saturated heterocycles. The number of hydrogen-bond acceptors (Lipinski definition) is 3. The number of morpholine rings is 1. The van der Waals surface area contributed by atoms with Crippen LogP contribution >= 0.6 is 0 Å². The van der Waals surface area contributed by atoms with Crippen molar-refractivity contribution in [3.63, 3.8) is 0 Å². The quantitative estimate of drug-likeness (QED) is 0.790. The van der Waals surface area contributed by atoms with Crippen LogP contribution in [0.3, 0.4) is 0 Å². The Morgan fingerprint density at radius 2 is 1.75 bits per heavy atom. The lowest BCUT2D eigenvalue weighted by Crippen LogP contribution is -2.58. The van der Waals surface area contributed by atoms with Crippen molar-refractivity contribution < 1.29 is 14.6 Å². The van der Waals surface area contributed by atoms with Crippen LogP contribution in [0.15, 0.2) is 0 Å². The van der Waals surface area contributed by atoms with E-state index in [0.29, 0.717) is 25.9 Å². The minimum atomic E-state index is -0.295. The first-order chi connectivity index (χ1) is 7.26. The Balaban J connectivity index is 2.63. The molecule has 1 amide bonds. The van der Waals surface area contributed by atoms with E-state index < -0.39 is 0 Å². The fourth-order valence-corrected chi connectivity index (χ4v) is 2.35. The van der Waals surface area contributed by atoms with Gasteiger partial charge in [-0.05, 0) is 34.1 Å². The minimum Gasteiger partial charge on any atom is -0.396 e. The zero-order chi connectivity index (χ0) is 12.4. The number of aliphatic hydroxyl groups excluding tert-OH is 1. The number of ether oxygens (including phenoxy) is 1. The fourth-order valence-electron chi connectivity index (χ4n) is 2.35. The van der Waals surface area contributed by atoms with Gasteiger partial charge in [-0.15, -0.1) is 0 Å². The third-order valence-corrected chi connectivity index (χ3v) is 2.60. The van der Waals surface area contributed by atoms with E-state index >= 15 is 0 Å². The zero-order valence-electron chi connectivity index (χ0n) is 10.7. The van der Waals surface area contributed by atoms with Crippen molar-refractivity contribution in [1.29, 1.82) is 0 Å². The summed E-state index contributed by atoms with van der Waals surface area (Å²) in [5.41, 5.74) is -0.590. The van der Waals surface area contributed by atoms with Crippen LogP contribution in [-0.4, -0.2) is 46.8 Å². The molecule has 1 rings (SSSR count). The van der Waals surface area contributed by atoms with E-state index in [0.717, 1.165) is 0 Å². The van der Waals surface area contributed by atoms with Crippen molar-refractivity contribution in [3.05, 3.63) is 0 Å². The lowest BCUT2D eigenvalue weighted by Gasteiger charge is -2.47. The molecule has 1 aliphatic rings. The van der Waals surface area contributed by atoms with Crippen molar-refractivity contribution in [3.8, 4) is 0 Å². The highest BCUT2D eigenvalue weighted by Gasteiger charge is 2.39. The summed E-state index contributed by atoms with van der Waals surface area (Å²) in [5, 5.41) is 8.72. The van der Waals surface area contributed by atoms with Gasteiger partial charge in [0.15, 0.2) is 0 Å². The fraction of sp³-hybridized carbons (Fsp3) is 0.917. The van der Waals surface area contributed by atoms with Crippen LogP contribution in [0.1, 0.15) is 40.5 Å². The molecule has 0 saturated carbocycles. The number of amides is 1. The number of nitrogens with zero attached hydrogens (tertiary/aromatic N) is 1. The molecule has 1 heterocycles. The topological polar surface area (TPSA) is 49.8 Å². The van der Waals surface area contributed by atoms with Gasteiger partial charge in [-0.3, -0.25) is 4.79 Å². The molecular formula is C12H23NO3. The summed E-state index contributed by atoms with van der Waals surface area (Å²) in [6, 6.07) is 0. The van der Waals surface area contributed by atoms with Gasteiger partial charge in [0.2, 0.25) is 5.91 Å². The average molecular weight is 229 g/mol. The van der Waals surface area contributed by atoms with Gasteiger partial charge in [-0.1, -0.05) is 0 Å². The van der Waals surface area contributed by atoms with Crippen LogP contribution in [0.5, 0.6) is 0 Å². The normalized spacial score (nSPS) is 23.2. The van der Waals surface area contributed by atoms with Crippen molar-refractivity contribution in [2.45, 2.75) is 51.7 Å². The predicted octanol–water partition coefficient (Wildman–Crippen LogP) is 1.17. The predicted molar refractivity (Wildman–Crippen MR) is 62.1 cm³/mol. The van der Waals surface area contributed by atoms with Gasteiger partial charge in [0, 0.05) is 26.1 Å². The number of carbonyl (C=O) groups is 1. The molecule has 94 valence electrons. The highest BCUT2D eigenvalue weighted by atomic mass is 16.5. The lowest BCUT2D eigenvalue weighted by atomic mass is 9.98. The van der Waals surface area contributed by atoms with Crippen molar-refractivity contribution in [2.75, 3.05) is 19.7 Å². The molecule has 4 nitrogen and oxygen atoms in total. The first-order valence-electron chi connectivity index (χ1n) is 5.85. The molecule has 0 aromatic rings. The molecule has 0 aliphatic carbocycles. The molecule has 16 heavy (non-hydrogen) atoms. The second-order valence-corrected chi connectivity index (χ2v) is 5.70. The van der Waals surface area contributed by atoms with E-state index in [1.807, 2.05) is 32.6 Å². The smallest absolute Gasteiger partial charge is 0.222 e. The standard InChI is InChI=1S/C12H23NO3/c1-11(2)8-13(9-12(3,4)16-11)10(15)6-5-7-14/h14H,5-9H2,1-4H3. The molecule has 1 fully saturated rings. The summed E-state index contributed by atoms with van der Waals surface area (Å²) in [6.07, 6.45) is 0.958. The van der Waals surface area contributed by atoms with Gasteiger partial charge >= 0.3 is 0 Å². The molecule has 0 unspecified atom stereocenters. The molecule has 0 atom stereocenters. The van der Waals surface area contributed by atoms with Crippen molar-refractivity contribution in [2.24, 2.45) is 0 Å². The van der Waals surface area contributed by atoms with Crippen LogP contribution in [0.2, 0.25) is 0 Å². The SMILES string of the molecule is CC1(C)CN(C(=O)CCCO)CC(C)(C)O1. The van der Waals surface area contributed by atoms with Gasteiger partial charge in [0.25, 0.3) is 0 Å². The molecule has 0 radical (unpaired) electrons. The van der Waals surface area contributed by atoms with E-state index in [4.69, 9.17) is 9.84 Å². The van der Waals surface area contributed by atoms with Crippen molar-refractivity contribution >= 4 is 5.91 Å². The second-order valence-electron chi connectivity index (χ2n) is 5.70. The van der Waals surface area contributed by atoms with Gasteiger partial charge in [-0.2, -0.15) is 0 Å². The Bertz CT molecular complexity index is 245. The maximum absolute atomic E-state index is 11.9. The molecule has 0 bridgehead atoms. The molecule has 1 aliphatic heterocycles. The molecule has 4 heteroatoms. The summed E-state index contributed by atoms with van der Waals surface area (Å²) in [6.45, 7) is 9.32. The third kappa shape index (κ3) is 3.76. The van der Waals surface area contributed by atoms with E-state index in [2.05, 4.69) is 0 Å². The van der Waals surface area contributed by atoms with Crippen LogP contribution in [0.4, 0.5) is 0 Å². The monoisotopic (exact) mass is 229 g/mol. The Morgan fingerprint density at radius 1 is 1.25 bits per heavy atom. The van der Waals surface area contributed by atoms with Crippen molar-refractivity contribution in [1.82, 2.24) is 4.90 Å². The second kappa shape index (κ2) is 4.72. The van der Waals surface area contributed by atoms with E-state index in [1.54, 1.807) is 0 Å². The summed E-state index contributed by atoms with van der Waals surface area (Å²) in [5.74, 6) is 0.110. The van der Waals surface area contributed by atoms with E-state index in [1.165, 1.54) is 0 Å². The molecule has 1 N–H and O–H groups in total. The largest absolute Gasteiger partial charge is 0.396 e. The molecule has 0 aromatic carbocycles. The highest BCUT2D eigenvalue weighted by Crippen LogP contribution is 2.28. The van der Waals surface area contributed by atoms with Crippen LogP contribution < -0.4 is 0 Å². The maximum Gasteiger partial charge on any atom is 0.222 e. The Hall–Kier alpha value is -0.610. The zero-order valence-corrected chi connectivity index (χ0v) is 10.7. The average Bonchev–Trinajstić information content (AvgIpc) is 2.09. The Kier molecular flexibility index (Phi) is 3.97.